The minimum absolute atomic E-state index is 0.0915. The van der Waals surface area contributed by atoms with Crippen LogP contribution < -0.4 is 0 Å². The zero-order valence-corrected chi connectivity index (χ0v) is 53.0. The van der Waals surface area contributed by atoms with E-state index >= 15 is 0 Å². The molecular weight excluding hydrogens is 997 g/mol. The van der Waals surface area contributed by atoms with Crippen LogP contribution >= 0.6 is 0 Å². The summed E-state index contributed by atoms with van der Waals surface area (Å²) in [7, 11) is 0. The summed E-state index contributed by atoms with van der Waals surface area (Å²) in [5.41, 5.74) is 0. The van der Waals surface area contributed by atoms with Gasteiger partial charge in [0, 0.05) is 19.3 Å². The number of unbranched alkanes of at least 4 members (excludes halogenated alkanes) is 30. The molecule has 462 valence electrons. The Morgan fingerprint density at radius 3 is 0.778 bits per heavy atom. The van der Waals surface area contributed by atoms with Crippen molar-refractivity contribution in [3.63, 3.8) is 0 Å². The van der Waals surface area contributed by atoms with Gasteiger partial charge >= 0.3 is 17.9 Å². The summed E-state index contributed by atoms with van der Waals surface area (Å²) in [4.78, 5) is 38.4. The number of hydrogen-bond acceptors (Lipinski definition) is 6. The Morgan fingerprint density at radius 2 is 0.481 bits per heavy atom. The van der Waals surface area contributed by atoms with Crippen LogP contribution in [-0.4, -0.2) is 37.2 Å². The third-order valence-corrected chi connectivity index (χ3v) is 14.4. The molecule has 6 nitrogen and oxygen atoms in total. The van der Waals surface area contributed by atoms with Crippen LogP contribution in [0.3, 0.4) is 0 Å². The fourth-order valence-electron chi connectivity index (χ4n) is 9.40. The zero-order chi connectivity index (χ0) is 58.5. The third-order valence-electron chi connectivity index (χ3n) is 14.4. The quantitative estimate of drug-likeness (QED) is 0.0261. The Bertz CT molecular complexity index is 1670. The molecule has 0 fully saturated rings. The van der Waals surface area contributed by atoms with Crippen molar-refractivity contribution in [3.05, 3.63) is 122 Å². The first-order valence-electron chi connectivity index (χ1n) is 34.0. The van der Waals surface area contributed by atoms with Crippen LogP contribution in [0.5, 0.6) is 0 Å². The van der Waals surface area contributed by atoms with E-state index in [2.05, 4.69) is 142 Å². The van der Waals surface area contributed by atoms with E-state index in [0.717, 1.165) is 122 Å². The van der Waals surface area contributed by atoms with Gasteiger partial charge in [0.15, 0.2) is 6.10 Å². The number of carbonyl (C=O) groups excluding carboxylic acids is 3. The molecule has 0 N–H and O–H groups in total. The van der Waals surface area contributed by atoms with Gasteiger partial charge in [0.05, 0.1) is 0 Å². The molecule has 6 heteroatoms. The van der Waals surface area contributed by atoms with Gasteiger partial charge in [-0.25, -0.2) is 0 Å². The monoisotopic (exact) mass is 1120 g/mol. The van der Waals surface area contributed by atoms with Gasteiger partial charge in [-0.05, 0) is 128 Å². The van der Waals surface area contributed by atoms with E-state index in [1.807, 2.05) is 0 Å². The number of carbonyl (C=O) groups is 3. The Balaban J connectivity index is 4.32. The minimum atomic E-state index is -0.797. The normalized spacial score (nSPS) is 12.9. The summed E-state index contributed by atoms with van der Waals surface area (Å²) >= 11 is 0. The SMILES string of the molecule is CC/C=C\C/C=C\C/C=C\C/C=C\C/C=C\C/C=C\CCCCCCCCCCCCC(=O)OCC(COC(=O)CCCCC/C=C\C/C=C\C/C=C\CC)OC(=O)CCCCCCCCCCC/C=C\CCCCCCCCCC. The van der Waals surface area contributed by atoms with Crippen molar-refractivity contribution in [2.75, 3.05) is 13.2 Å². The van der Waals surface area contributed by atoms with Crippen molar-refractivity contribution < 1.29 is 28.6 Å². The molecule has 0 aliphatic heterocycles. The summed E-state index contributed by atoms with van der Waals surface area (Å²) in [6.07, 6.45) is 95.1. The van der Waals surface area contributed by atoms with E-state index in [0.29, 0.717) is 19.3 Å². The van der Waals surface area contributed by atoms with Gasteiger partial charge < -0.3 is 14.2 Å². The summed E-state index contributed by atoms with van der Waals surface area (Å²) in [5, 5.41) is 0. The molecule has 0 aromatic heterocycles. The van der Waals surface area contributed by atoms with Crippen LogP contribution in [0.4, 0.5) is 0 Å². The number of allylic oxidation sites excluding steroid dienone is 20. The lowest BCUT2D eigenvalue weighted by Crippen LogP contribution is -2.30. The molecule has 0 radical (unpaired) electrons. The smallest absolute Gasteiger partial charge is 0.306 e. The molecule has 0 rings (SSSR count). The highest BCUT2D eigenvalue weighted by Crippen LogP contribution is 2.16. The second-order valence-corrected chi connectivity index (χ2v) is 22.3. The highest BCUT2D eigenvalue weighted by molar-refractivity contribution is 5.71. The molecule has 0 aromatic carbocycles. The first-order valence-corrected chi connectivity index (χ1v) is 34.0. The molecular formula is C75H126O6. The lowest BCUT2D eigenvalue weighted by atomic mass is 10.0. The topological polar surface area (TPSA) is 78.9 Å². The van der Waals surface area contributed by atoms with Crippen molar-refractivity contribution in [2.24, 2.45) is 0 Å². The third kappa shape index (κ3) is 66.5. The number of hydrogen-bond donors (Lipinski definition) is 0. The molecule has 0 spiro atoms. The van der Waals surface area contributed by atoms with Crippen LogP contribution in [0.15, 0.2) is 122 Å². The number of rotatable bonds is 61. The van der Waals surface area contributed by atoms with Gasteiger partial charge in [-0.15, -0.1) is 0 Å². The van der Waals surface area contributed by atoms with Gasteiger partial charge in [0.25, 0.3) is 0 Å². The maximum atomic E-state index is 12.9. The second kappa shape index (κ2) is 68.3. The van der Waals surface area contributed by atoms with Crippen LogP contribution in [0.25, 0.3) is 0 Å². The average Bonchev–Trinajstić information content (AvgIpc) is 3.46. The lowest BCUT2D eigenvalue weighted by Gasteiger charge is -2.18. The maximum absolute atomic E-state index is 12.9. The first-order chi connectivity index (χ1) is 40.0. The van der Waals surface area contributed by atoms with Gasteiger partial charge in [-0.3, -0.25) is 14.4 Å². The van der Waals surface area contributed by atoms with Crippen molar-refractivity contribution in [2.45, 2.75) is 322 Å². The molecule has 0 saturated carbocycles. The van der Waals surface area contributed by atoms with Crippen molar-refractivity contribution in [3.8, 4) is 0 Å². The van der Waals surface area contributed by atoms with Gasteiger partial charge in [-0.1, -0.05) is 290 Å². The molecule has 0 aromatic rings. The van der Waals surface area contributed by atoms with Crippen LogP contribution in [0.1, 0.15) is 316 Å². The standard InChI is InChI=1S/C75H126O6/c1-4-7-10-13-16-19-22-25-27-29-31-33-34-35-36-37-38-39-40-42-43-45-47-50-53-56-59-62-65-68-74(77)80-71-72(70-79-73(76)67-64-61-58-55-52-49-24-21-18-15-12-9-6-3)81-75(78)69-66-63-60-57-54-51-48-46-44-41-32-30-28-26-23-20-17-14-11-8-5-2/h7,9-10,12,16,18-19,21,25,27,30-33,35-36,38-39,49,52,72H,4-6,8,11,13-15,17,20,22-24,26,28-29,34,37,40-48,50-51,53-71H2,1-3H3/b10-7-,12-9-,19-16-,21-18-,27-25-,32-30-,33-31-,36-35-,39-38-,52-49-. The van der Waals surface area contributed by atoms with Crippen LogP contribution in [0.2, 0.25) is 0 Å². The molecule has 0 aliphatic rings. The van der Waals surface area contributed by atoms with Gasteiger partial charge in [0.2, 0.25) is 0 Å². The van der Waals surface area contributed by atoms with Crippen LogP contribution in [0, 0.1) is 0 Å². The largest absolute Gasteiger partial charge is 0.462 e. The molecule has 0 aliphatic carbocycles. The fourth-order valence-corrected chi connectivity index (χ4v) is 9.40. The molecule has 0 saturated heterocycles. The second-order valence-electron chi connectivity index (χ2n) is 22.3. The summed E-state index contributed by atoms with van der Waals surface area (Å²) in [5.74, 6) is -0.920. The van der Waals surface area contributed by atoms with E-state index in [4.69, 9.17) is 14.2 Å². The lowest BCUT2D eigenvalue weighted by molar-refractivity contribution is -0.167. The van der Waals surface area contributed by atoms with Crippen molar-refractivity contribution in [1.82, 2.24) is 0 Å². The highest BCUT2D eigenvalue weighted by atomic mass is 16.6. The van der Waals surface area contributed by atoms with E-state index < -0.39 is 6.10 Å². The number of ether oxygens (including phenoxy) is 3. The van der Waals surface area contributed by atoms with Crippen LogP contribution in [-0.2, 0) is 28.6 Å². The van der Waals surface area contributed by atoms with Crippen molar-refractivity contribution >= 4 is 17.9 Å². The van der Waals surface area contributed by atoms with E-state index in [-0.39, 0.29) is 31.1 Å². The molecule has 81 heavy (non-hydrogen) atoms. The Hall–Kier alpha value is -4.19. The highest BCUT2D eigenvalue weighted by Gasteiger charge is 2.19. The first kappa shape index (κ1) is 76.8. The summed E-state index contributed by atoms with van der Waals surface area (Å²) in [6.45, 7) is 6.41. The molecule has 0 bridgehead atoms. The maximum Gasteiger partial charge on any atom is 0.306 e. The van der Waals surface area contributed by atoms with E-state index in [1.165, 1.54) is 154 Å². The van der Waals surface area contributed by atoms with Gasteiger partial charge in [0.1, 0.15) is 13.2 Å². The van der Waals surface area contributed by atoms with E-state index in [9.17, 15) is 14.4 Å². The minimum Gasteiger partial charge on any atom is -0.462 e. The Morgan fingerprint density at radius 1 is 0.259 bits per heavy atom. The Labute approximate surface area is 501 Å². The predicted molar refractivity (Wildman–Crippen MR) is 353 cm³/mol. The fraction of sp³-hybridized carbons (Fsp3) is 0.693. The molecule has 0 heterocycles. The average molecular weight is 1120 g/mol. The van der Waals surface area contributed by atoms with E-state index in [1.54, 1.807) is 0 Å². The number of esters is 3. The summed E-state index contributed by atoms with van der Waals surface area (Å²) in [6, 6.07) is 0. The zero-order valence-electron chi connectivity index (χ0n) is 53.0. The molecule has 1 unspecified atom stereocenters. The predicted octanol–water partition coefficient (Wildman–Crippen LogP) is 23.6. The molecule has 0 amide bonds. The Kier molecular flexibility index (Phi) is 64.8. The summed E-state index contributed by atoms with van der Waals surface area (Å²) < 4.78 is 16.9. The van der Waals surface area contributed by atoms with Crippen molar-refractivity contribution in [1.29, 1.82) is 0 Å². The van der Waals surface area contributed by atoms with Gasteiger partial charge in [-0.2, -0.15) is 0 Å². The molecule has 1 atom stereocenters.